The van der Waals surface area contributed by atoms with Crippen LogP contribution < -0.4 is 0 Å². The average molecular weight is 297 g/mol. The fourth-order valence-corrected chi connectivity index (χ4v) is 2.70. The highest BCUT2D eigenvalue weighted by Crippen LogP contribution is 2.38. The van der Waals surface area contributed by atoms with Gasteiger partial charge in [0, 0.05) is 23.3 Å². The first-order chi connectivity index (χ1) is 10.5. The Morgan fingerprint density at radius 3 is 2.27 bits per heavy atom. The summed E-state index contributed by atoms with van der Waals surface area (Å²) in [6, 6.07) is 8.02. The number of aromatic nitrogens is 1. The van der Waals surface area contributed by atoms with E-state index in [1.165, 1.54) is 12.3 Å². The lowest BCUT2D eigenvalue weighted by molar-refractivity contribution is 0.434. The zero-order valence-electron chi connectivity index (χ0n) is 12.3. The number of nitrogens with zero attached hydrogens (tertiary/aromatic N) is 1. The first kappa shape index (κ1) is 14.3. The zero-order chi connectivity index (χ0) is 15.9. The Morgan fingerprint density at radius 1 is 1.00 bits per heavy atom. The molecule has 0 aliphatic rings. The first-order valence-corrected chi connectivity index (χ1v) is 7.07. The summed E-state index contributed by atoms with van der Waals surface area (Å²) in [5, 5.41) is 21.4. The number of pyridine rings is 1. The summed E-state index contributed by atoms with van der Waals surface area (Å²) >= 11 is 0. The van der Waals surface area contributed by atoms with E-state index in [1.54, 1.807) is 24.4 Å². The molecule has 0 spiro atoms. The minimum Gasteiger partial charge on any atom is -0.507 e. The molecule has 1 heterocycles. The van der Waals surface area contributed by atoms with Crippen LogP contribution in [0.3, 0.4) is 0 Å². The third-order valence-electron chi connectivity index (χ3n) is 3.75. The molecule has 0 amide bonds. The number of phenolic OH excluding ortho intramolecular Hbond substituents is 2. The van der Waals surface area contributed by atoms with Gasteiger partial charge in [0.05, 0.1) is 0 Å². The lowest BCUT2D eigenvalue weighted by atomic mass is 9.95. The van der Waals surface area contributed by atoms with Gasteiger partial charge in [0.15, 0.2) is 0 Å². The van der Waals surface area contributed by atoms with Crippen molar-refractivity contribution in [2.45, 2.75) is 19.8 Å². The second-order valence-corrected chi connectivity index (χ2v) is 5.64. The van der Waals surface area contributed by atoms with Crippen LogP contribution >= 0.6 is 0 Å². The average Bonchev–Trinajstić information content (AvgIpc) is 2.46. The van der Waals surface area contributed by atoms with Crippen molar-refractivity contribution < 1.29 is 14.6 Å². The number of aromatic hydroxyl groups is 2. The van der Waals surface area contributed by atoms with Gasteiger partial charge in [-0.05, 0) is 52.8 Å². The minimum atomic E-state index is -0.382. The van der Waals surface area contributed by atoms with Gasteiger partial charge in [-0.2, -0.15) is 0 Å². The molecule has 3 aromatic rings. The van der Waals surface area contributed by atoms with Crippen molar-refractivity contribution in [2.75, 3.05) is 0 Å². The smallest absolute Gasteiger partial charge is 0.133 e. The number of phenols is 2. The van der Waals surface area contributed by atoms with Crippen molar-refractivity contribution in [3.63, 3.8) is 0 Å². The Bertz CT molecular complexity index is 836. The Hall–Kier alpha value is -2.62. The molecule has 1 aromatic heterocycles. The van der Waals surface area contributed by atoms with E-state index >= 15 is 0 Å². The van der Waals surface area contributed by atoms with Crippen LogP contribution in [-0.4, -0.2) is 15.2 Å². The van der Waals surface area contributed by atoms with Crippen molar-refractivity contribution in [1.82, 2.24) is 4.98 Å². The molecule has 0 atom stereocenters. The molecule has 3 rings (SSSR count). The number of hydrogen-bond acceptors (Lipinski definition) is 3. The predicted octanol–water partition coefficient (Wildman–Crippen LogP) is 4.58. The van der Waals surface area contributed by atoms with Crippen molar-refractivity contribution >= 4 is 10.8 Å². The standard InChI is InChI=1S/C18H16FNO2/c1-10(2)18-16(21)7-13(8-17(18)22)12-5-11-3-4-20-9-14(11)15(19)6-12/h3-10,21-22H,1-2H3. The predicted molar refractivity (Wildman–Crippen MR) is 84.6 cm³/mol. The number of fused-ring (bicyclic) bond motifs is 1. The van der Waals surface area contributed by atoms with Gasteiger partial charge < -0.3 is 10.2 Å². The molecule has 3 nitrogen and oxygen atoms in total. The molecular formula is C18H16FNO2. The molecule has 4 heteroatoms. The molecule has 0 aliphatic carbocycles. The molecule has 0 unspecified atom stereocenters. The number of halogens is 1. The van der Waals surface area contributed by atoms with Crippen LogP contribution in [0.2, 0.25) is 0 Å². The van der Waals surface area contributed by atoms with E-state index in [2.05, 4.69) is 4.98 Å². The summed E-state index contributed by atoms with van der Waals surface area (Å²) in [6.45, 7) is 3.77. The Balaban J connectivity index is 2.20. The zero-order valence-corrected chi connectivity index (χ0v) is 12.3. The fourth-order valence-electron chi connectivity index (χ4n) is 2.70. The van der Waals surface area contributed by atoms with Crippen molar-refractivity contribution in [2.24, 2.45) is 0 Å². The molecule has 0 saturated carbocycles. The molecule has 0 radical (unpaired) electrons. The van der Waals surface area contributed by atoms with Gasteiger partial charge in [-0.1, -0.05) is 13.8 Å². The highest BCUT2D eigenvalue weighted by molar-refractivity contribution is 5.87. The second kappa shape index (κ2) is 5.30. The lowest BCUT2D eigenvalue weighted by Crippen LogP contribution is -1.91. The van der Waals surface area contributed by atoms with Gasteiger partial charge >= 0.3 is 0 Å². The fraction of sp³-hybridized carbons (Fsp3) is 0.167. The van der Waals surface area contributed by atoms with Crippen molar-refractivity contribution in [1.29, 1.82) is 0 Å². The monoisotopic (exact) mass is 297 g/mol. The summed E-state index contributed by atoms with van der Waals surface area (Å²) in [5.41, 5.74) is 1.66. The molecule has 0 fully saturated rings. The topological polar surface area (TPSA) is 53.4 Å². The van der Waals surface area contributed by atoms with Crippen LogP contribution in [-0.2, 0) is 0 Å². The van der Waals surface area contributed by atoms with Crippen molar-refractivity contribution in [3.8, 4) is 22.6 Å². The van der Waals surface area contributed by atoms with Gasteiger partial charge in [-0.3, -0.25) is 4.98 Å². The quantitative estimate of drug-likeness (QED) is 0.728. The second-order valence-electron chi connectivity index (χ2n) is 5.64. The van der Waals surface area contributed by atoms with E-state index in [4.69, 9.17) is 0 Å². The third-order valence-corrected chi connectivity index (χ3v) is 3.75. The molecular weight excluding hydrogens is 281 g/mol. The van der Waals surface area contributed by atoms with Crippen LogP contribution in [0.5, 0.6) is 11.5 Å². The maximum absolute atomic E-state index is 14.2. The van der Waals surface area contributed by atoms with Gasteiger partial charge in [0.2, 0.25) is 0 Å². The SMILES string of the molecule is CC(C)c1c(O)cc(-c2cc(F)c3cnccc3c2)cc1O. The summed E-state index contributed by atoms with van der Waals surface area (Å²) in [5.74, 6) is -0.360. The van der Waals surface area contributed by atoms with Crippen LogP contribution in [0.1, 0.15) is 25.3 Å². The van der Waals surface area contributed by atoms with Gasteiger partial charge in [0.25, 0.3) is 0 Å². The summed E-state index contributed by atoms with van der Waals surface area (Å²) < 4.78 is 14.2. The number of benzene rings is 2. The van der Waals surface area contributed by atoms with E-state index in [9.17, 15) is 14.6 Å². The number of hydrogen-bond donors (Lipinski definition) is 2. The summed E-state index contributed by atoms with van der Waals surface area (Å²) in [4.78, 5) is 3.92. The third kappa shape index (κ3) is 2.37. The van der Waals surface area contributed by atoms with E-state index in [0.29, 0.717) is 22.1 Å². The first-order valence-electron chi connectivity index (χ1n) is 7.07. The van der Waals surface area contributed by atoms with Gasteiger partial charge in [0.1, 0.15) is 17.3 Å². The maximum atomic E-state index is 14.2. The van der Waals surface area contributed by atoms with Crippen molar-refractivity contribution in [3.05, 3.63) is 54.1 Å². The van der Waals surface area contributed by atoms with Crippen LogP contribution in [0, 0.1) is 5.82 Å². The van der Waals surface area contributed by atoms with E-state index < -0.39 is 0 Å². The highest BCUT2D eigenvalue weighted by atomic mass is 19.1. The molecule has 0 saturated heterocycles. The maximum Gasteiger partial charge on any atom is 0.133 e. The van der Waals surface area contributed by atoms with Gasteiger partial charge in [-0.25, -0.2) is 4.39 Å². The highest BCUT2D eigenvalue weighted by Gasteiger charge is 2.15. The Kier molecular flexibility index (Phi) is 3.45. The molecule has 22 heavy (non-hydrogen) atoms. The minimum absolute atomic E-state index is 0.00605. The van der Waals surface area contributed by atoms with E-state index in [1.807, 2.05) is 19.9 Å². The van der Waals surface area contributed by atoms with Crippen LogP contribution in [0.25, 0.3) is 21.9 Å². The Labute approximate surface area is 127 Å². The molecule has 2 N–H and O–H groups in total. The molecule has 2 aromatic carbocycles. The van der Waals surface area contributed by atoms with Gasteiger partial charge in [-0.15, -0.1) is 0 Å². The van der Waals surface area contributed by atoms with E-state index in [0.717, 1.165) is 5.39 Å². The Morgan fingerprint density at radius 2 is 1.64 bits per heavy atom. The lowest BCUT2D eigenvalue weighted by Gasteiger charge is -2.13. The van der Waals surface area contributed by atoms with Crippen LogP contribution in [0.4, 0.5) is 4.39 Å². The summed E-state index contributed by atoms with van der Waals surface area (Å²) in [6.07, 6.45) is 3.08. The largest absolute Gasteiger partial charge is 0.507 e. The molecule has 112 valence electrons. The molecule has 0 aliphatic heterocycles. The normalized spacial score (nSPS) is 11.3. The number of rotatable bonds is 2. The summed E-state index contributed by atoms with van der Waals surface area (Å²) in [7, 11) is 0. The van der Waals surface area contributed by atoms with E-state index in [-0.39, 0.29) is 23.2 Å². The molecule has 0 bridgehead atoms. The van der Waals surface area contributed by atoms with Crippen LogP contribution in [0.15, 0.2) is 42.7 Å².